The smallest absolute Gasteiger partial charge is 0.313 e. The maximum Gasteiger partial charge on any atom is 0.313 e. The van der Waals surface area contributed by atoms with Gasteiger partial charge in [0.1, 0.15) is 0 Å². The van der Waals surface area contributed by atoms with Gasteiger partial charge >= 0.3 is 11.8 Å². The second-order valence-corrected chi connectivity index (χ2v) is 8.07. The summed E-state index contributed by atoms with van der Waals surface area (Å²) in [6.45, 7) is 4.49. The van der Waals surface area contributed by atoms with Gasteiger partial charge in [-0.05, 0) is 42.0 Å². The van der Waals surface area contributed by atoms with Gasteiger partial charge in [0.2, 0.25) is 5.91 Å². The van der Waals surface area contributed by atoms with Gasteiger partial charge in [-0.1, -0.05) is 12.1 Å². The molecule has 0 aliphatic carbocycles. The largest absolute Gasteiger partial charge is 0.379 e. The van der Waals surface area contributed by atoms with Gasteiger partial charge in [-0.2, -0.15) is 0 Å². The number of ether oxygens (including phenoxy) is 1. The van der Waals surface area contributed by atoms with E-state index in [1.165, 1.54) is 6.92 Å². The molecular weight excluding hydrogens is 422 g/mol. The first kappa shape index (κ1) is 24.2. The Morgan fingerprint density at radius 1 is 0.909 bits per heavy atom. The van der Waals surface area contributed by atoms with Crippen LogP contribution in [-0.4, -0.2) is 69.6 Å². The highest BCUT2D eigenvalue weighted by atomic mass is 16.5. The first-order valence-corrected chi connectivity index (χ1v) is 10.9. The first-order chi connectivity index (χ1) is 15.8. The van der Waals surface area contributed by atoms with E-state index in [4.69, 9.17) is 4.74 Å². The number of amides is 3. The summed E-state index contributed by atoms with van der Waals surface area (Å²) in [5.74, 6) is -1.63. The molecule has 176 valence electrons. The highest BCUT2D eigenvalue weighted by molar-refractivity contribution is 6.39. The Balaban J connectivity index is 1.62. The summed E-state index contributed by atoms with van der Waals surface area (Å²) in [7, 11) is 3.97. The summed E-state index contributed by atoms with van der Waals surface area (Å²) in [6.07, 6.45) is 0. The Labute approximate surface area is 194 Å². The molecule has 9 heteroatoms. The van der Waals surface area contributed by atoms with E-state index in [-0.39, 0.29) is 11.9 Å². The number of carbonyl (C=O) groups is 3. The van der Waals surface area contributed by atoms with Crippen molar-refractivity contribution in [1.82, 2.24) is 10.2 Å². The van der Waals surface area contributed by atoms with Gasteiger partial charge in [-0.25, -0.2) is 0 Å². The van der Waals surface area contributed by atoms with Gasteiger partial charge in [0.15, 0.2) is 0 Å². The van der Waals surface area contributed by atoms with Crippen molar-refractivity contribution < 1.29 is 19.1 Å². The topological polar surface area (TPSA) is 103 Å². The predicted molar refractivity (Wildman–Crippen MR) is 128 cm³/mol. The van der Waals surface area contributed by atoms with E-state index in [9.17, 15) is 14.4 Å². The van der Waals surface area contributed by atoms with Crippen molar-refractivity contribution in [3.05, 3.63) is 54.1 Å². The lowest BCUT2D eigenvalue weighted by Crippen LogP contribution is -2.45. The number of morpholine rings is 1. The maximum atomic E-state index is 12.5. The SMILES string of the molecule is CC(=O)Nc1ccc(NC(=O)C(=O)NC[C@H](c2ccc(N(C)C)cc2)N2CCOCC2)cc1. The molecule has 3 rings (SSSR count). The zero-order valence-electron chi connectivity index (χ0n) is 19.3. The number of benzene rings is 2. The van der Waals surface area contributed by atoms with E-state index in [1.807, 2.05) is 31.1 Å². The molecule has 0 radical (unpaired) electrons. The molecule has 2 aromatic rings. The molecule has 0 unspecified atom stereocenters. The van der Waals surface area contributed by atoms with Gasteiger partial charge in [0.05, 0.1) is 19.3 Å². The number of carbonyl (C=O) groups excluding carboxylic acids is 3. The normalized spacial score (nSPS) is 14.8. The second kappa shape index (κ2) is 11.4. The van der Waals surface area contributed by atoms with Gasteiger partial charge in [-0.15, -0.1) is 0 Å². The Morgan fingerprint density at radius 3 is 2.03 bits per heavy atom. The lowest BCUT2D eigenvalue weighted by atomic mass is 10.0. The molecular formula is C24H31N5O4. The van der Waals surface area contributed by atoms with Crippen molar-refractivity contribution in [3.8, 4) is 0 Å². The summed E-state index contributed by atoms with van der Waals surface area (Å²) >= 11 is 0. The molecule has 1 heterocycles. The number of nitrogens with zero attached hydrogens (tertiary/aromatic N) is 2. The minimum absolute atomic E-state index is 0.0706. The molecule has 1 fully saturated rings. The van der Waals surface area contributed by atoms with Crippen LogP contribution in [0.4, 0.5) is 17.1 Å². The van der Waals surface area contributed by atoms with Crippen LogP contribution in [0.25, 0.3) is 0 Å². The Hall–Kier alpha value is -3.43. The molecule has 3 amide bonds. The van der Waals surface area contributed by atoms with Crippen LogP contribution < -0.4 is 20.9 Å². The minimum Gasteiger partial charge on any atom is -0.379 e. The maximum absolute atomic E-state index is 12.5. The van der Waals surface area contributed by atoms with Crippen LogP contribution in [0.15, 0.2) is 48.5 Å². The molecule has 0 spiro atoms. The van der Waals surface area contributed by atoms with Crippen molar-refractivity contribution in [2.24, 2.45) is 0 Å². The van der Waals surface area contributed by atoms with E-state index < -0.39 is 11.8 Å². The molecule has 1 saturated heterocycles. The van der Waals surface area contributed by atoms with Crippen LogP contribution in [0.3, 0.4) is 0 Å². The average Bonchev–Trinajstić information content (AvgIpc) is 2.81. The fraction of sp³-hybridized carbons (Fsp3) is 0.375. The molecule has 2 aromatic carbocycles. The van der Waals surface area contributed by atoms with Gasteiger partial charge in [-0.3, -0.25) is 19.3 Å². The van der Waals surface area contributed by atoms with Crippen LogP contribution in [0, 0.1) is 0 Å². The number of rotatable bonds is 7. The van der Waals surface area contributed by atoms with E-state index in [0.29, 0.717) is 31.1 Å². The van der Waals surface area contributed by atoms with Crippen molar-refractivity contribution in [3.63, 3.8) is 0 Å². The highest BCUT2D eigenvalue weighted by Gasteiger charge is 2.24. The number of nitrogens with one attached hydrogen (secondary N) is 3. The zero-order chi connectivity index (χ0) is 23.8. The van der Waals surface area contributed by atoms with Crippen LogP contribution in [0.1, 0.15) is 18.5 Å². The molecule has 1 aliphatic rings. The highest BCUT2D eigenvalue weighted by Crippen LogP contribution is 2.24. The quantitative estimate of drug-likeness (QED) is 0.553. The summed E-state index contributed by atoms with van der Waals surface area (Å²) in [6, 6.07) is 14.7. The molecule has 0 aromatic heterocycles. The van der Waals surface area contributed by atoms with Gasteiger partial charge < -0.3 is 25.6 Å². The number of hydrogen-bond donors (Lipinski definition) is 3. The standard InChI is InChI=1S/C24H31N5O4/c1-17(30)26-19-6-8-20(9-7-19)27-24(32)23(31)25-16-22(29-12-14-33-15-13-29)18-4-10-21(11-5-18)28(2)3/h4-11,22H,12-16H2,1-3H3,(H,25,31)(H,26,30)(H,27,32)/t22-/m1/s1. The van der Waals surface area contributed by atoms with Crippen LogP contribution in [0.2, 0.25) is 0 Å². The summed E-state index contributed by atoms with van der Waals surface area (Å²) in [4.78, 5) is 40.3. The molecule has 1 aliphatic heterocycles. The third kappa shape index (κ3) is 7.03. The third-order valence-corrected chi connectivity index (χ3v) is 5.41. The average molecular weight is 454 g/mol. The number of hydrogen-bond acceptors (Lipinski definition) is 6. The van der Waals surface area contributed by atoms with E-state index in [2.05, 4.69) is 33.0 Å². The molecule has 33 heavy (non-hydrogen) atoms. The fourth-order valence-corrected chi connectivity index (χ4v) is 3.64. The first-order valence-electron chi connectivity index (χ1n) is 10.9. The molecule has 9 nitrogen and oxygen atoms in total. The van der Waals surface area contributed by atoms with E-state index >= 15 is 0 Å². The molecule has 3 N–H and O–H groups in total. The van der Waals surface area contributed by atoms with Crippen LogP contribution in [0.5, 0.6) is 0 Å². The summed E-state index contributed by atoms with van der Waals surface area (Å²) < 4.78 is 5.47. The van der Waals surface area contributed by atoms with E-state index in [1.54, 1.807) is 24.3 Å². The van der Waals surface area contributed by atoms with Crippen LogP contribution >= 0.6 is 0 Å². The summed E-state index contributed by atoms with van der Waals surface area (Å²) in [5.41, 5.74) is 3.23. The van der Waals surface area contributed by atoms with Gasteiger partial charge in [0.25, 0.3) is 0 Å². The second-order valence-electron chi connectivity index (χ2n) is 8.07. The molecule has 0 saturated carbocycles. The van der Waals surface area contributed by atoms with Crippen molar-refractivity contribution in [2.45, 2.75) is 13.0 Å². The lowest BCUT2D eigenvalue weighted by Gasteiger charge is -2.35. The fourth-order valence-electron chi connectivity index (χ4n) is 3.64. The van der Waals surface area contributed by atoms with Crippen molar-refractivity contribution in [1.29, 1.82) is 0 Å². The Bertz CT molecular complexity index is 954. The predicted octanol–water partition coefficient (Wildman–Crippen LogP) is 1.84. The zero-order valence-corrected chi connectivity index (χ0v) is 19.3. The monoisotopic (exact) mass is 453 g/mol. The summed E-state index contributed by atoms with van der Waals surface area (Å²) in [5, 5.41) is 8.00. The van der Waals surface area contributed by atoms with Crippen molar-refractivity contribution in [2.75, 3.05) is 62.5 Å². The molecule has 1 atom stereocenters. The molecule has 0 bridgehead atoms. The Morgan fingerprint density at radius 2 is 1.48 bits per heavy atom. The van der Waals surface area contributed by atoms with E-state index in [0.717, 1.165) is 24.3 Å². The minimum atomic E-state index is -0.744. The van der Waals surface area contributed by atoms with Gasteiger partial charge in [0, 0.05) is 57.7 Å². The van der Waals surface area contributed by atoms with Crippen LogP contribution in [-0.2, 0) is 19.1 Å². The third-order valence-electron chi connectivity index (χ3n) is 5.41. The van der Waals surface area contributed by atoms with Crippen molar-refractivity contribution >= 4 is 34.8 Å². The lowest BCUT2D eigenvalue weighted by molar-refractivity contribution is -0.136. The number of anilines is 3. The Kier molecular flexibility index (Phi) is 8.39.